The molecule has 0 bridgehead atoms. The quantitative estimate of drug-likeness (QED) is 0.408. The minimum atomic E-state index is -3.39. The minimum absolute atomic E-state index is 0.111. The van der Waals surface area contributed by atoms with Gasteiger partial charge >= 0.3 is 0 Å². The van der Waals surface area contributed by atoms with Crippen LogP contribution >= 0.6 is 11.3 Å². The van der Waals surface area contributed by atoms with Gasteiger partial charge in [0.05, 0.1) is 6.10 Å². The molecule has 1 saturated heterocycles. The van der Waals surface area contributed by atoms with Crippen molar-refractivity contribution < 1.29 is 13.2 Å². The lowest BCUT2D eigenvalue weighted by atomic mass is 9.88. The smallest absolute Gasteiger partial charge is 0.252 e. The van der Waals surface area contributed by atoms with Crippen molar-refractivity contribution in [2.24, 2.45) is 0 Å². The molecule has 0 amide bonds. The number of benzene rings is 2. The predicted octanol–water partition coefficient (Wildman–Crippen LogP) is 5.30. The van der Waals surface area contributed by atoms with Crippen LogP contribution < -0.4 is 10.1 Å². The number of rotatable bonds is 9. The Morgan fingerprint density at radius 2 is 1.81 bits per heavy atom. The van der Waals surface area contributed by atoms with Gasteiger partial charge in [-0.05, 0) is 87.5 Å². The van der Waals surface area contributed by atoms with E-state index in [1.54, 1.807) is 16.4 Å². The maximum atomic E-state index is 13.0. The Labute approximate surface area is 220 Å². The fourth-order valence-corrected chi connectivity index (χ4v) is 7.79. The van der Waals surface area contributed by atoms with Gasteiger partial charge in [-0.1, -0.05) is 30.3 Å². The van der Waals surface area contributed by atoms with Crippen molar-refractivity contribution >= 4 is 32.1 Å². The van der Waals surface area contributed by atoms with Crippen LogP contribution in [0.2, 0.25) is 0 Å². The van der Waals surface area contributed by atoms with Crippen LogP contribution in [0.1, 0.15) is 46.6 Å². The summed E-state index contributed by atoms with van der Waals surface area (Å²) in [7, 11) is -3.39. The molecule has 0 radical (unpaired) electrons. The van der Waals surface area contributed by atoms with E-state index in [4.69, 9.17) is 4.74 Å². The fraction of sp³-hybridized carbons (Fsp3) is 0.500. The van der Waals surface area contributed by atoms with Gasteiger partial charge in [-0.2, -0.15) is 4.31 Å². The van der Waals surface area contributed by atoms with Crippen LogP contribution in [0.4, 0.5) is 0 Å². The van der Waals surface area contributed by atoms with E-state index in [2.05, 4.69) is 67.4 Å². The fourth-order valence-electron chi connectivity index (χ4n) is 5.17. The van der Waals surface area contributed by atoms with Crippen LogP contribution in [0, 0.1) is 0 Å². The van der Waals surface area contributed by atoms with E-state index >= 15 is 0 Å². The van der Waals surface area contributed by atoms with E-state index in [0.717, 1.165) is 31.8 Å². The van der Waals surface area contributed by atoms with Crippen LogP contribution in [0.3, 0.4) is 0 Å². The van der Waals surface area contributed by atoms with Gasteiger partial charge in [0.1, 0.15) is 9.96 Å². The Bertz CT molecular complexity index is 1260. The maximum Gasteiger partial charge on any atom is 0.252 e. The van der Waals surface area contributed by atoms with Crippen molar-refractivity contribution in [2.75, 3.05) is 32.7 Å². The number of hydrogen-bond acceptors (Lipinski definition) is 6. The lowest BCUT2D eigenvalue weighted by Gasteiger charge is -2.34. The summed E-state index contributed by atoms with van der Waals surface area (Å²) < 4.78 is 34.1. The van der Waals surface area contributed by atoms with E-state index in [1.807, 2.05) is 19.2 Å². The summed E-state index contributed by atoms with van der Waals surface area (Å²) in [4.78, 5) is 2.38. The van der Waals surface area contributed by atoms with Crippen molar-refractivity contribution in [3.05, 3.63) is 59.5 Å². The first-order valence-corrected chi connectivity index (χ1v) is 15.1. The molecule has 8 heteroatoms. The highest BCUT2D eigenvalue weighted by Gasteiger charge is 2.30. The highest BCUT2D eigenvalue weighted by Crippen LogP contribution is 2.33. The zero-order chi connectivity index (χ0) is 25.9. The van der Waals surface area contributed by atoms with Gasteiger partial charge in [0, 0.05) is 37.8 Å². The average Bonchev–Trinajstić information content (AvgIpc) is 3.26. The minimum Gasteiger partial charge on any atom is -0.491 e. The van der Waals surface area contributed by atoms with Crippen LogP contribution in [-0.2, 0) is 15.6 Å². The third kappa shape index (κ3) is 6.29. The number of ether oxygens (including phenoxy) is 1. The van der Waals surface area contributed by atoms with Crippen molar-refractivity contribution in [2.45, 2.75) is 62.9 Å². The Balaban J connectivity index is 1.44. The molecular weight excluding hydrogens is 490 g/mol. The van der Waals surface area contributed by atoms with Crippen LogP contribution in [0.25, 0.3) is 10.8 Å². The molecule has 0 aliphatic carbocycles. The molecular formula is C28H39N3O3S2. The van der Waals surface area contributed by atoms with E-state index in [0.29, 0.717) is 17.3 Å². The molecule has 1 fully saturated rings. The van der Waals surface area contributed by atoms with E-state index in [-0.39, 0.29) is 17.7 Å². The average molecular weight is 530 g/mol. The van der Waals surface area contributed by atoms with Crippen LogP contribution in [0.5, 0.6) is 5.75 Å². The maximum absolute atomic E-state index is 13.0. The Morgan fingerprint density at radius 1 is 1.03 bits per heavy atom. The summed E-state index contributed by atoms with van der Waals surface area (Å²) in [5.41, 5.74) is 0.933. The first-order chi connectivity index (χ1) is 17.1. The van der Waals surface area contributed by atoms with E-state index in [9.17, 15) is 8.42 Å². The summed E-state index contributed by atoms with van der Waals surface area (Å²) in [6.45, 7) is 14.3. The normalized spacial score (nSPS) is 17.4. The van der Waals surface area contributed by atoms with Gasteiger partial charge in [0.15, 0.2) is 0 Å². The lowest BCUT2D eigenvalue weighted by Crippen LogP contribution is -2.48. The SMILES string of the molecule is CC(CN1CCCN(S(=O)(=O)c2cccs2)CC1)NC(C)(C)c1cc(OC(C)C)cc2ccccc12. The third-order valence-electron chi connectivity index (χ3n) is 6.66. The highest BCUT2D eigenvalue weighted by molar-refractivity contribution is 7.91. The lowest BCUT2D eigenvalue weighted by molar-refractivity contribution is 0.230. The Morgan fingerprint density at radius 3 is 2.53 bits per heavy atom. The molecule has 4 rings (SSSR count). The standard InChI is InChI=1S/C28H39N3O3S2/c1-21(2)34-24-18-23-10-6-7-11-25(23)26(19-24)28(4,5)29-22(3)20-30-13-9-14-31(16-15-30)36(32,33)27-12-8-17-35-27/h6-8,10-12,17-19,21-22,29H,9,13-16,20H2,1-5H3. The zero-order valence-corrected chi connectivity index (χ0v) is 23.7. The summed E-state index contributed by atoms with van der Waals surface area (Å²) >= 11 is 1.29. The number of thiophene rings is 1. The molecule has 3 aromatic rings. The van der Waals surface area contributed by atoms with Crippen LogP contribution in [0.15, 0.2) is 58.1 Å². The van der Waals surface area contributed by atoms with Gasteiger partial charge in [0.2, 0.25) is 0 Å². The number of nitrogens with zero attached hydrogens (tertiary/aromatic N) is 2. The third-order valence-corrected chi connectivity index (χ3v) is 9.93. The molecule has 1 N–H and O–H groups in total. The summed E-state index contributed by atoms with van der Waals surface area (Å²) in [6, 6.07) is 16.5. The first kappa shape index (κ1) is 27.1. The zero-order valence-electron chi connectivity index (χ0n) is 22.0. The molecule has 0 saturated carbocycles. The van der Waals surface area contributed by atoms with Crippen molar-refractivity contribution in [1.82, 2.24) is 14.5 Å². The second-order valence-electron chi connectivity index (χ2n) is 10.5. The number of nitrogens with one attached hydrogen (secondary N) is 1. The van der Waals surface area contributed by atoms with Crippen LogP contribution in [-0.4, -0.2) is 62.5 Å². The van der Waals surface area contributed by atoms with E-state index in [1.165, 1.54) is 27.7 Å². The summed E-state index contributed by atoms with van der Waals surface area (Å²) in [6.07, 6.45) is 0.945. The summed E-state index contributed by atoms with van der Waals surface area (Å²) in [5.74, 6) is 0.890. The second kappa shape index (κ2) is 11.2. The molecule has 1 atom stereocenters. The highest BCUT2D eigenvalue weighted by atomic mass is 32.2. The van der Waals surface area contributed by atoms with Crippen molar-refractivity contribution in [1.29, 1.82) is 0 Å². The number of fused-ring (bicyclic) bond motifs is 1. The van der Waals surface area contributed by atoms with Gasteiger partial charge in [-0.25, -0.2) is 8.42 Å². The van der Waals surface area contributed by atoms with Crippen molar-refractivity contribution in [3.8, 4) is 5.75 Å². The molecule has 0 spiro atoms. The van der Waals surface area contributed by atoms with Crippen molar-refractivity contribution in [3.63, 3.8) is 0 Å². The monoisotopic (exact) mass is 529 g/mol. The van der Waals surface area contributed by atoms with Gasteiger partial charge in [0.25, 0.3) is 10.0 Å². The number of sulfonamides is 1. The topological polar surface area (TPSA) is 61.9 Å². The molecule has 1 unspecified atom stereocenters. The molecule has 2 heterocycles. The largest absolute Gasteiger partial charge is 0.491 e. The molecule has 2 aromatic carbocycles. The van der Waals surface area contributed by atoms with Gasteiger partial charge in [-0.3, -0.25) is 0 Å². The molecule has 1 aromatic heterocycles. The molecule has 36 heavy (non-hydrogen) atoms. The molecule has 1 aliphatic heterocycles. The number of hydrogen-bond donors (Lipinski definition) is 1. The Kier molecular flexibility index (Phi) is 8.42. The first-order valence-electron chi connectivity index (χ1n) is 12.8. The Hall–Kier alpha value is -1.97. The molecule has 196 valence electrons. The van der Waals surface area contributed by atoms with E-state index < -0.39 is 10.0 Å². The summed E-state index contributed by atoms with van der Waals surface area (Å²) in [5, 5.41) is 8.07. The molecule has 6 nitrogen and oxygen atoms in total. The predicted molar refractivity (Wildman–Crippen MR) is 149 cm³/mol. The van der Waals surface area contributed by atoms with Gasteiger partial charge in [-0.15, -0.1) is 11.3 Å². The molecule has 1 aliphatic rings. The second-order valence-corrected chi connectivity index (χ2v) is 13.6. The van der Waals surface area contributed by atoms with Gasteiger partial charge < -0.3 is 15.0 Å².